The number of halogens is 1. The van der Waals surface area contributed by atoms with Crippen molar-refractivity contribution >= 4 is 30.2 Å². The van der Waals surface area contributed by atoms with Gasteiger partial charge in [0.15, 0.2) is 0 Å². The number of carbonyl (C=O) groups is 2. The second-order valence-corrected chi connectivity index (χ2v) is 5.45. The highest BCUT2D eigenvalue weighted by atomic mass is 32.1. The molecular weight excluding hydrogens is 317 g/mol. The van der Waals surface area contributed by atoms with Crippen molar-refractivity contribution in [3.8, 4) is 0 Å². The molecule has 0 bridgehead atoms. The summed E-state index contributed by atoms with van der Waals surface area (Å²) in [5.74, 6) is -1.73. The summed E-state index contributed by atoms with van der Waals surface area (Å²) in [7, 11) is 0. The molecule has 1 atom stereocenters. The number of carboxylic acids is 1. The van der Waals surface area contributed by atoms with E-state index in [1.807, 2.05) is 0 Å². The molecule has 2 rings (SSSR count). The summed E-state index contributed by atoms with van der Waals surface area (Å²) in [6.07, 6.45) is 0.425. The standard InChI is InChI=1S/C17H16FNO3S/c18-14-6-4-11(5-7-14)8-13(10-23)16(20)19-15-3-1-2-12(9-15)17(21)22/h1-7,9,13,23H,8,10H2,(H,19,20)(H,21,22). The largest absolute Gasteiger partial charge is 0.478 e. The van der Waals surface area contributed by atoms with E-state index in [1.54, 1.807) is 24.3 Å². The number of aromatic carboxylic acids is 1. The second kappa shape index (κ2) is 7.78. The van der Waals surface area contributed by atoms with E-state index in [0.29, 0.717) is 17.9 Å². The van der Waals surface area contributed by atoms with Crippen LogP contribution >= 0.6 is 12.6 Å². The van der Waals surface area contributed by atoms with Gasteiger partial charge in [0.2, 0.25) is 5.91 Å². The number of hydrogen-bond donors (Lipinski definition) is 3. The first-order chi connectivity index (χ1) is 11.0. The SMILES string of the molecule is O=C(O)c1cccc(NC(=O)C(CS)Cc2ccc(F)cc2)c1. The van der Waals surface area contributed by atoms with Gasteiger partial charge in [0.1, 0.15) is 5.82 Å². The van der Waals surface area contributed by atoms with Crippen molar-refractivity contribution in [3.63, 3.8) is 0 Å². The maximum atomic E-state index is 12.9. The van der Waals surface area contributed by atoms with Gasteiger partial charge in [0, 0.05) is 11.4 Å². The molecule has 0 spiro atoms. The van der Waals surface area contributed by atoms with E-state index in [0.717, 1.165) is 5.56 Å². The minimum absolute atomic E-state index is 0.101. The van der Waals surface area contributed by atoms with Gasteiger partial charge in [0.25, 0.3) is 0 Å². The van der Waals surface area contributed by atoms with Gasteiger partial charge in [-0.1, -0.05) is 18.2 Å². The molecule has 4 nitrogen and oxygen atoms in total. The fraction of sp³-hybridized carbons (Fsp3) is 0.176. The zero-order valence-corrected chi connectivity index (χ0v) is 13.1. The highest BCUT2D eigenvalue weighted by Crippen LogP contribution is 2.16. The van der Waals surface area contributed by atoms with Gasteiger partial charge >= 0.3 is 5.97 Å². The molecule has 0 radical (unpaired) electrons. The molecule has 0 saturated heterocycles. The summed E-state index contributed by atoms with van der Waals surface area (Å²) in [5, 5.41) is 11.7. The Hall–Kier alpha value is -2.34. The number of benzene rings is 2. The van der Waals surface area contributed by atoms with Gasteiger partial charge in [-0.3, -0.25) is 4.79 Å². The molecule has 1 amide bonds. The summed E-state index contributed by atoms with van der Waals surface area (Å²) in [6.45, 7) is 0. The van der Waals surface area contributed by atoms with E-state index < -0.39 is 11.9 Å². The number of thiol groups is 1. The first-order valence-corrected chi connectivity index (χ1v) is 7.62. The molecule has 0 aromatic heterocycles. The molecule has 1 unspecified atom stereocenters. The molecule has 6 heteroatoms. The molecule has 0 aliphatic rings. The van der Waals surface area contributed by atoms with Gasteiger partial charge in [-0.05, 0) is 42.3 Å². The Balaban J connectivity index is 2.06. The summed E-state index contributed by atoms with van der Waals surface area (Å²) in [5.41, 5.74) is 1.35. The van der Waals surface area contributed by atoms with E-state index >= 15 is 0 Å². The van der Waals surface area contributed by atoms with Crippen LogP contribution in [0.3, 0.4) is 0 Å². The molecular formula is C17H16FNO3S. The molecule has 0 fully saturated rings. The van der Waals surface area contributed by atoms with Crippen molar-refractivity contribution in [1.82, 2.24) is 0 Å². The number of nitrogens with one attached hydrogen (secondary N) is 1. The summed E-state index contributed by atoms with van der Waals surface area (Å²) >= 11 is 4.20. The summed E-state index contributed by atoms with van der Waals surface area (Å²) < 4.78 is 12.9. The number of rotatable bonds is 6. The maximum Gasteiger partial charge on any atom is 0.335 e. The lowest BCUT2D eigenvalue weighted by Crippen LogP contribution is -2.26. The number of carbonyl (C=O) groups excluding carboxylic acids is 1. The number of amides is 1. The van der Waals surface area contributed by atoms with Crippen LogP contribution in [0.4, 0.5) is 10.1 Å². The molecule has 0 aliphatic heterocycles. The lowest BCUT2D eigenvalue weighted by Gasteiger charge is -2.15. The predicted molar refractivity (Wildman–Crippen MR) is 89.5 cm³/mol. The Bertz CT molecular complexity index is 703. The van der Waals surface area contributed by atoms with Crippen LogP contribution in [0, 0.1) is 11.7 Å². The molecule has 23 heavy (non-hydrogen) atoms. The molecule has 120 valence electrons. The quantitative estimate of drug-likeness (QED) is 0.711. The van der Waals surface area contributed by atoms with Gasteiger partial charge in [-0.25, -0.2) is 9.18 Å². The Morgan fingerprint density at radius 1 is 1.17 bits per heavy atom. The second-order valence-electron chi connectivity index (χ2n) is 5.09. The van der Waals surface area contributed by atoms with Crippen molar-refractivity contribution in [2.24, 2.45) is 5.92 Å². The van der Waals surface area contributed by atoms with Crippen LogP contribution < -0.4 is 5.32 Å². The lowest BCUT2D eigenvalue weighted by molar-refractivity contribution is -0.119. The molecule has 0 aliphatic carbocycles. The predicted octanol–water partition coefficient (Wildman–Crippen LogP) is 3.25. The Labute approximate surface area is 138 Å². The third-order valence-corrected chi connectivity index (χ3v) is 3.80. The van der Waals surface area contributed by atoms with Crippen LogP contribution in [-0.2, 0) is 11.2 Å². The van der Waals surface area contributed by atoms with E-state index in [2.05, 4.69) is 17.9 Å². The zero-order chi connectivity index (χ0) is 16.8. The minimum atomic E-state index is -1.06. The number of hydrogen-bond acceptors (Lipinski definition) is 3. The first kappa shape index (κ1) is 17.0. The molecule has 0 saturated carbocycles. The highest BCUT2D eigenvalue weighted by molar-refractivity contribution is 7.80. The Kier molecular flexibility index (Phi) is 5.76. The third-order valence-electron chi connectivity index (χ3n) is 3.36. The average Bonchev–Trinajstić information content (AvgIpc) is 2.54. The van der Waals surface area contributed by atoms with Crippen molar-refractivity contribution < 1.29 is 19.1 Å². The van der Waals surface area contributed by atoms with E-state index in [9.17, 15) is 14.0 Å². The minimum Gasteiger partial charge on any atom is -0.478 e. The van der Waals surface area contributed by atoms with Crippen molar-refractivity contribution in [1.29, 1.82) is 0 Å². The van der Waals surface area contributed by atoms with Crippen molar-refractivity contribution in [3.05, 3.63) is 65.5 Å². The molecule has 0 heterocycles. The zero-order valence-electron chi connectivity index (χ0n) is 12.2. The normalized spacial score (nSPS) is 11.7. The number of carboxylic acid groups (broad SMARTS) is 1. The monoisotopic (exact) mass is 333 g/mol. The van der Waals surface area contributed by atoms with Crippen molar-refractivity contribution in [2.75, 3.05) is 11.1 Å². The summed E-state index contributed by atoms with van der Waals surface area (Å²) in [6, 6.07) is 12.0. The van der Waals surface area contributed by atoms with Crippen LogP contribution in [0.5, 0.6) is 0 Å². The topological polar surface area (TPSA) is 66.4 Å². The molecule has 2 aromatic carbocycles. The van der Waals surface area contributed by atoms with Crippen LogP contribution in [0.2, 0.25) is 0 Å². The fourth-order valence-electron chi connectivity index (χ4n) is 2.12. The van der Waals surface area contributed by atoms with Crippen LogP contribution in [0.1, 0.15) is 15.9 Å². The van der Waals surface area contributed by atoms with Crippen LogP contribution in [-0.4, -0.2) is 22.7 Å². The fourth-order valence-corrected chi connectivity index (χ4v) is 2.41. The third kappa shape index (κ3) is 4.82. The van der Waals surface area contributed by atoms with Crippen LogP contribution in [0.15, 0.2) is 48.5 Å². The first-order valence-electron chi connectivity index (χ1n) is 6.99. The molecule has 2 aromatic rings. The van der Waals surface area contributed by atoms with E-state index in [4.69, 9.17) is 5.11 Å². The number of anilines is 1. The molecule has 2 N–H and O–H groups in total. The van der Waals surface area contributed by atoms with E-state index in [1.165, 1.54) is 24.3 Å². The van der Waals surface area contributed by atoms with Crippen molar-refractivity contribution in [2.45, 2.75) is 6.42 Å². The van der Waals surface area contributed by atoms with Gasteiger partial charge in [-0.2, -0.15) is 12.6 Å². The van der Waals surface area contributed by atoms with Crippen LogP contribution in [0.25, 0.3) is 0 Å². The van der Waals surface area contributed by atoms with Gasteiger partial charge < -0.3 is 10.4 Å². The Morgan fingerprint density at radius 2 is 1.87 bits per heavy atom. The lowest BCUT2D eigenvalue weighted by atomic mass is 10.00. The smallest absolute Gasteiger partial charge is 0.335 e. The maximum absolute atomic E-state index is 12.9. The highest BCUT2D eigenvalue weighted by Gasteiger charge is 2.18. The van der Waals surface area contributed by atoms with Gasteiger partial charge in [-0.15, -0.1) is 0 Å². The van der Waals surface area contributed by atoms with E-state index in [-0.39, 0.29) is 17.3 Å². The van der Waals surface area contributed by atoms with Gasteiger partial charge in [0.05, 0.1) is 11.5 Å². The average molecular weight is 333 g/mol. The summed E-state index contributed by atoms with van der Waals surface area (Å²) in [4.78, 5) is 23.3. The Morgan fingerprint density at radius 3 is 2.48 bits per heavy atom.